The molecule has 0 spiro atoms. The number of sulfonamides is 1. The first-order valence-corrected chi connectivity index (χ1v) is 9.79. The average molecular weight is 377 g/mol. The lowest BCUT2D eigenvalue weighted by molar-refractivity contribution is 0.354. The number of methoxy groups -OCH3 is 3. The molecule has 1 aliphatic carbocycles. The predicted octanol–water partition coefficient (Wildman–Crippen LogP) is 2.99. The summed E-state index contributed by atoms with van der Waals surface area (Å²) in [6, 6.07) is 8.32. The SMILES string of the molecule is COc1ccc(S(=O)(=O)NC2CCc3cc(OC)c(OC)cc32)cc1C. The Kier molecular flexibility index (Phi) is 5.11. The molecule has 1 N–H and O–H groups in total. The van der Waals surface area contributed by atoms with Crippen LogP contribution in [0.25, 0.3) is 0 Å². The maximum Gasteiger partial charge on any atom is 0.241 e. The van der Waals surface area contributed by atoms with Gasteiger partial charge in [-0.05, 0) is 66.8 Å². The zero-order valence-corrected chi connectivity index (χ0v) is 16.1. The Morgan fingerprint density at radius 1 is 0.962 bits per heavy atom. The van der Waals surface area contributed by atoms with Crippen LogP contribution in [0.5, 0.6) is 17.2 Å². The summed E-state index contributed by atoms with van der Waals surface area (Å²) in [5.41, 5.74) is 2.77. The third-order valence-electron chi connectivity index (χ3n) is 4.70. The Balaban J connectivity index is 1.90. The molecule has 140 valence electrons. The summed E-state index contributed by atoms with van der Waals surface area (Å²) in [5.74, 6) is 1.91. The molecule has 26 heavy (non-hydrogen) atoms. The number of benzene rings is 2. The number of rotatable bonds is 6. The van der Waals surface area contributed by atoms with Crippen molar-refractivity contribution in [2.75, 3.05) is 21.3 Å². The topological polar surface area (TPSA) is 73.9 Å². The highest BCUT2D eigenvalue weighted by Crippen LogP contribution is 2.40. The average Bonchev–Trinajstić information content (AvgIpc) is 3.01. The quantitative estimate of drug-likeness (QED) is 0.838. The Hall–Kier alpha value is -2.25. The fraction of sp³-hybridized carbons (Fsp3) is 0.368. The minimum absolute atomic E-state index is 0.227. The summed E-state index contributed by atoms with van der Waals surface area (Å²) in [7, 11) is 1.07. The second-order valence-electron chi connectivity index (χ2n) is 6.25. The molecule has 1 atom stereocenters. The van der Waals surface area contributed by atoms with Crippen LogP contribution in [-0.4, -0.2) is 29.7 Å². The Bertz CT molecular complexity index is 924. The molecule has 0 saturated carbocycles. The maximum atomic E-state index is 12.8. The van der Waals surface area contributed by atoms with Gasteiger partial charge in [-0.3, -0.25) is 0 Å². The second-order valence-corrected chi connectivity index (χ2v) is 7.96. The molecule has 0 aromatic heterocycles. The van der Waals surface area contributed by atoms with Crippen molar-refractivity contribution in [1.82, 2.24) is 4.72 Å². The van der Waals surface area contributed by atoms with Crippen molar-refractivity contribution in [3.8, 4) is 17.2 Å². The normalized spacial score (nSPS) is 16.2. The van der Waals surface area contributed by atoms with Gasteiger partial charge in [0.2, 0.25) is 10.0 Å². The molecule has 0 amide bonds. The molecule has 1 unspecified atom stereocenters. The number of ether oxygens (including phenoxy) is 3. The Morgan fingerprint density at radius 3 is 2.23 bits per heavy atom. The first kappa shape index (κ1) is 18.5. The van der Waals surface area contributed by atoms with E-state index in [4.69, 9.17) is 14.2 Å². The minimum atomic E-state index is -3.65. The lowest BCUT2D eigenvalue weighted by Gasteiger charge is -2.17. The van der Waals surface area contributed by atoms with Gasteiger partial charge in [0.1, 0.15) is 5.75 Å². The second kappa shape index (κ2) is 7.17. The summed E-state index contributed by atoms with van der Waals surface area (Å²) in [6.45, 7) is 1.82. The van der Waals surface area contributed by atoms with E-state index in [1.165, 1.54) is 0 Å². The monoisotopic (exact) mass is 377 g/mol. The van der Waals surface area contributed by atoms with Gasteiger partial charge in [0.15, 0.2) is 11.5 Å². The third-order valence-corrected chi connectivity index (χ3v) is 6.17. The fourth-order valence-corrected chi connectivity index (χ4v) is 4.66. The van der Waals surface area contributed by atoms with E-state index in [9.17, 15) is 8.42 Å². The van der Waals surface area contributed by atoms with Gasteiger partial charge in [0.05, 0.1) is 26.2 Å². The lowest BCUT2D eigenvalue weighted by Crippen LogP contribution is -2.27. The van der Waals surface area contributed by atoms with Crippen molar-refractivity contribution in [1.29, 1.82) is 0 Å². The number of aryl methyl sites for hydroxylation is 2. The molecular formula is C19H23NO5S. The van der Waals surface area contributed by atoms with Crippen molar-refractivity contribution in [2.45, 2.75) is 30.7 Å². The van der Waals surface area contributed by atoms with Gasteiger partial charge in [-0.15, -0.1) is 0 Å². The van der Waals surface area contributed by atoms with Crippen molar-refractivity contribution < 1.29 is 22.6 Å². The first-order valence-electron chi connectivity index (χ1n) is 8.31. The molecule has 1 aliphatic rings. The maximum absolute atomic E-state index is 12.8. The molecule has 3 rings (SSSR count). The van der Waals surface area contributed by atoms with Crippen LogP contribution in [0.2, 0.25) is 0 Å². The number of nitrogens with one attached hydrogen (secondary N) is 1. The van der Waals surface area contributed by atoms with Gasteiger partial charge in [-0.2, -0.15) is 0 Å². The summed E-state index contributed by atoms with van der Waals surface area (Å²) in [6.07, 6.45) is 1.48. The summed E-state index contributed by atoms with van der Waals surface area (Å²) in [5, 5.41) is 0. The third kappa shape index (κ3) is 3.37. The van der Waals surface area contributed by atoms with Crippen molar-refractivity contribution in [3.05, 3.63) is 47.0 Å². The summed E-state index contributed by atoms with van der Waals surface area (Å²) < 4.78 is 44.3. The van der Waals surface area contributed by atoms with E-state index in [2.05, 4.69) is 4.72 Å². The zero-order chi connectivity index (χ0) is 18.9. The Morgan fingerprint density at radius 2 is 1.62 bits per heavy atom. The van der Waals surface area contributed by atoms with Crippen molar-refractivity contribution >= 4 is 10.0 Å². The van der Waals surface area contributed by atoms with Gasteiger partial charge < -0.3 is 14.2 Å². The van der Waals surface area contributed by atoms with Crippen LogP contribution in [0.4, 0.5) is 0 Å². The van der Waals surface area contributed by atoms with E-state index in [1.54, 1.807) is 39.5 Å². The highest BCUT2D eigenvalue weighted by molar-refractivity contribution is 7.89. The zero-order valence-electron chi connectivity index (χ0n) is 15.3. The predicted molar refractivity (Wildman–Crippen MR) is 98.7 cm³/mol. The molecule has 0 bridgehead atoms. The molecule has 2 aromatic rings. The number of hydrogen-bond acceptors (Lipinski definition) is 5. The smallest absolute Gasteiger partial charge is 0.241 e. The molecular weight excluding hydrogens is 354 g/mol. The van der Waals surface area contributed by atoms with E-state index < -0.39 is 10.0 Å². The minimum Gasteiger partial charge on any atom is -0.496 e. The van der Waals surface area contributed by atoms with E-state index in [0.717, 1.165) is 23.1 Å². The van der Waals surface area contributed by atoms with Crippen LogP contribution in [-0.2, 0) is 16.4 Å². The molecule has 0 saturated heterocycles. The molecule has 0 aliphatic heterocycles. The number of hydrogen-bond donors (Lipinski definition) is 1. The summed E-state index contributed by atoms with van der Waals surface area (Å²) in [4.78, 5) is 0.227. The molecule has 7 heteroatoms. The van der Waals surface area contributed by atoms with Gasteiger partial charge in [-0.1, -0.05) is 0 Å². The summed E-state index contributed by atoms with van der Waals surface area (Å²) >= 11 is 0. The van der Waals surface area contributed by atoms with Gasteiger partial charge >= 0.3 is 0 Å². The van der Waals surface area contributed by atoms with Crippen LogP contribution < -0.4 is 18.9 Å². The largest absolute Gasteiger partial charge is 0.496 e. The number of fused-ring (bicyclic) bond motifs is 1. The molecule has 0 fully saturated rings. The fourth-order valence-electron chi connectivity index (χ4n) is 3.33. The van der Waals surface area contributed by atoms with Crippen LogP contribution in [0.15, 0.2) is 35.2 Å². The van der Waals surface area contributed by atoms with Crippen LogP contribution in [0.3, 0.4) is 0 Å². The van der Waals surface area contributed by atoms with Crippen molar-refractivity contribution in [2.24, 2.45) is 0 Å². The molecule has 0 radical (unpaired) electrons. The van der Waals surface area contributed by atoms with E-state index in [0.29, 0.717) is 23.7 Å². The molecule has 6 nitrogen and oxygen atoms in total. The standard InChI is InChI=1S/C19H23NO5S/c1-12-9-14(6-8-17(12)23-2)26(21,22)20-16-7-5-13-10-18(24-3)19(25-4)11-15(13)16/h6,8-11,16,20H,5,7H2,1-4H3. The van der Waals surface area contributed by atoms with Crippen LogP contribution >= 0.6 is 0 Å². The van der Waals surface area contributed by atoms with E-state index >= 15 is 0 Å². The van der Waals surface area contributed by atoms with Crippen LogP contribution in [0.1, 0.15) is 29.2 Å². The first-order chi connectivity index (χ1) is 12.4. The van der Waals surface area contributed by atoms with Gasteiger partial charge in [0, 0.05) is 6.04 Å². The Labute approximate surface area is 154 Å². The highest BCUT2D eigenvalue weighted by Gasteiger charge is 2.29. The van der Waals surface area contributed by atoms with E-state index in [1.807, 2.05) is 19.1 Å². The van der Waals surface area contributed by atoms with Gasteiger partial charge in [-0.25, -0.2) is 13.1 Å². The highest BCUT2D eigenvalue weighted by atomic mass is 32.2. The van der Waals surface area contributed by atoms with Crippen molar-refractivity contribution in [3.63, 3.8) is 0 Å². The van der Waals surface area contributed by atoms with Crippen LogP contribution in [0, 0.1) is 6.92 Å². The van der Waals surface area contributed by atoms with E-state index in [-0.39, 0.29) is 10.9 Å². The molecule has 0 heterocycles. The lowest BCUT2D eigenvalue weighted by atomic mass is 10.1. The van der Waals surface area contributed by atoms with Gasteiger partial charge in [0.25, 0.3) is 0 Å². The molecule has 2 aromatic carbocycles.